The van der Waals surface area contributed by atoms with E-state index in [4.69, 9.17) is 0 Å². The molecular formula is C31H32O6. The number of aromatic carboxylic acids is 2. The summed E-state index contributed by atoms with van der Waals surface area (Å²) in [5.41, 5.74) is 2.37. The van der Waals surface area contributed by atoms with E-state index in [9.17, 15) is 30.0 Å². The fourth-order valence-corrected chi connectivity index (χ4v) is 4.97. The van der Waals surface area contributed by atoms with Gasteiger partial charge < -0.3 is 20.4 Å². The van der Waals surface area contributed by atoms with Crippen LogP contribution in [0.5, 0.6) is 11.5 Å². The van der Waals surface area contributed by atoms with Crippen LogP contribution in [-0.4, -0.2) is 32.4 Å². The number of aryl methyl sites for hydroxylation is 2. The van der Waals surface area contributed by atoms with Gasteiger partial charge in [-0.05, 0) is 70.5 Å². The van der Waals surface area contributed by atoms with Gasteiger partial charge in [0, 0.05) is 17.5 Å². The Labute approximate surface area is 215 Å². The van der Waals surface area contributed by atoms with E-state index in [0.717, 1.165) is 49.7 Å². The first-order valence-corrected chi connectivity index (χ1v) is 12.8. The van der Waals surface area contributed by atoms with Gasteiger partial charge in [0.25, 0.3) is 0 Å². The molecule has 0 heterocycles. The van der Waals surface area contributed by atoms with Crippen molar-refractivity contribution in [2.75, 3.05) is 0 Å². The zero-order valence-electron chi connectivity index (χ0n) is 21.2. The van der Waals surface area contributed by atoms with Crippen molar-refractivity contribution >= 4 is 33.5 Å². The minimum atomic E-state index is -1.26. The van der Waals surface area contributed by atoms with Gasteiger partial charge in [0.15, 0.2) is 0 Å². The third kappa shape index (κ3) is 5.24. The fourth-order valence-electron chi connectivity index (χ4n) is 4.97. The lowest BCUT2D eigenvalue weighted by atomic mass is 9.89. The van der Waals surface area contributed by atoms with Crippen LogP contribution in [0.4, 0.5) is 0 Å². The normalized spacial score (nSPS) is 11.3. The number of fused-ring (bicyclic) bond motifs is 2. The number of hydrogen-bond donors (Lipinski definition) is 4. The number of unbranched alkanes of at least 4 members (excludes halogenated alkanes) is 2. The average molecular weight is 501 g/mol. The van der Waals surface area contributed by atoms with Gasteiger partial charge in [-0.25, -0.2) is 9.59 Å². The maximum Gasteiger partial charge on any atom is 0.339 e. The molecular weight excluding hydrogens is 468 g/mol. The molecule has 0 aliphatic heterocycles. The van der Waals surface area contributed by atoms with Crippen molar-refractivity contribution in [1.82, 2.24) is 0 Å². The Balaban J connectivity index is 1.94. The topological polar surface area (TPSA) is 115 Å². The third-order valence-electron chi connectivity index (χ3n) is 7.02. The number of aromatic hydroxyl groups is 2. The number of hydrogen-bond acceptors (Lipinski definition) is 4. The van der Waals surface area contributed by atoms with Gasteiger partial charge in [-0.1, -0.05) is 63.1 Å². The minimum absolute atomic E-state index is 0.0322. The van der Waals surface area contributed by atoms with Gasteiger partial charge in [0.2, 0.25) is 0 Å². The van der Waals surface area contributed by atoms with Crippen LogP contribution in [0.15, 0.2) is 48.5 Å². The first-order valence-electron chi connectivity index (χ1n) is 12.8. The minimum Gasteiger partial charge on any atom is -0.507 e. The molecule has 0 bridgehead atoms. The van der Waals surface area contributed by atoms with E-state index in [2.05, 4.69) is 13.8 Å². The Morgan fingerprint density at radius 3 is 1.41 bits per heavy atom. The van der Waals surface area contributed by atoms with E-state index in [0.29, 0.717) is 32.7 Å². The van der Waals surface area contributed by atoms with E-state index in [1.807, 2.05) is 36.4 Å². The van der Waals surface area contributed by atoms with E-state index in [1.165, 1.54) is 12.1 Å². The zero-order chi connectivity index (χ0) is 26.7. The van der Waals surface area contributed by atoms with Gasteiger partial charge in [-0.3, -0.25) is 0 Å². The molecule has 0 aromatic heterocycles. The molecule has 0 aliphatic rings. The molecule has 0 fully saturated rings. The quantitative estimate of drug-likeness (QED) is 0.185. The monoisotopic (exact) mass is 500 g/mol. The third-order valence-corrected chi connectivity index (χ3v) is 7.02. The summed E-state index contributed by atoms with van der Waals surface area (Å²) in [6.07, 6.45) is 5.76. The van der Waals surface area contributed by atoms with Crippen LogP contribution in [0.25, 0.3) is 21.5 Å². The van der Waals surface area contributed by atoms with Crippen molar-refractivity contribution in [3.8, 4) is 11.5 Å². The van der Waals surface area contributed by atoms with Crippen molar-refractivity contribution in [1.29, 1.82) is 0 Å². The summed E-state index contributed by atoms with van der Waals surface area (Å²) in [5, 5.41) is 44.3. The average Bonchev–Trinajstić information content (AvgIpc) is 2.88. The molecule has 0 atom stereocenters. The molecule has 4 N–H and O–H groups in total. The standard InChI is InChI=1S/C31H32O6/c1-3-5-7-18-9-11-22-20(13-18)15-26(30(34)35)28(32)24(22)17-25-23-12-10-19(8-6-4-2)14-21(23)16-27(29(25)33)31(36)37/h9-16,32-33H,3-8,17H2,1-2H3,(H,34,35)(H,36,37). The lowest BCUT2D eigenvalue weighted by Crippen LogP contribution is -2.04. The molecule has 4 rings (SSSR count). The van der Waals surface area contributed by atoms with Crippen molar-refractivity contribution < 1.29 is 30.0 Å². The fraction of sp³-hybridized carbons (Fsp3) is 0.290. The summed E-state index contributed by atoms with van der Waals surface area (Å²) in [5.74, 6) is -3.27. The van der Waals surface area contributed by atoms with Gasteiger partial charge in [0.05, 0.1) is 0 Å². The smallest absolute Gasteiger partial charge is 0.339 e. The molecule has 6 heteroatoms. The second-order valence-electron chi connectivity index (χ2n) is 9.61. The van der Waals surface area contributed by atoms with Gasteiger partial charge in [-0.15, -0.1) is 0 Å². The highest BCUT2D eigenvalue weighted by Gasteiger charge is 2.23. The Morgan fingerprint density at radius 1 is 0.649 bits per heavy atom. The SMILES string of the molecule is CCCCc1ccc2c(Cc3c(O)c(C(=O)O)cc4cc(CCCC)ccc34)c(O)c(C(=O)O)cc2c1. The Kier molecular flexibility index (Phi) is 7.67. The summed E-state index contributed by atoms with van der Waals surface area (Å²) in [4.78, 5) is 24.0. The van der Waals surface area contributed by atoms with Crippen molar-refractivity contribution in [2.45, 2.75) is 58.8 Å². The van der Waals surface area contributed by atoms with Crippen molar-refractivity contribution in [3.63, 3.8) is 0 Å². The summed E-state index contributed by atoms with van der Waals surface area (Å²) in [7, 11) is 0. The number of rotatable bonds is 10. The molecule has 0 saturated carbocycles. The highest BCUT2D eigenvalue weighted by atomic mass is 16.4. The van der Waals surface area contributed by atoms with E-state index in [1.54, 1.807) is 0 Å². The highest BCUT2D eigenvalue weighted by molar-refractivity contribution is 6.02. The predicted octanol–water partition coefficient (Wildman–Crippen LogP) is 7.08. The Bertz CT molecular complexity index is 1390. The lowest BCUT2D eigenvalue weighted by Gasteiger charge is -2.17. The van der Waals surface area contributed by atoms with Crippen LogP contribution < -0.4 is 0 Å². The van der Waals surface area contributed by atoms with Crippen LogP contribution in [0, 0.1) is 0 Å². The lowest BCUT2D eigenvalue weighted by molar-refractivity contribution is 0.0682. The molecule has 37 heavy (non-hydrogen) atoms. The van der Waals surface area contributed by atoms with Gasteiger partial charge in [-0.2, -0.15) is 0 Å². The summed E-state index contributed by atoms with van der Waals surface area (Å²) in [6, 6.07) is 14.5. The molecule has 0 unspecified atom stereocenters. The highest BCUT2D eigenvalue weighted by Crippen LogP contribution is 2.39. The number of carboxylic acid groups (broad SMARTS) is 2. The van der Waals surface area contributed by atoms with E-state index < -0.39 is 11.9 Å². The predicted molar refractivity (Wildman–Crippen MR) is 145 cm³/mol. The number of carboxylic acids is 2. The Hall–Kier alpha value is -4.06. The Morgan fingerprint density at radius 2 is 1.05 bits per heavy atom. The summed E-state index contributed by atoms with van der Waals surface area (Å²) in [6.45, 7) is 4.21. The van der Waals surface area contributed by atoms with Gasteiger partial charge >= 0.3 is 11.9 Å². The maximum atomic E-state index is 12.0. The molecule has 192 valence electrons. The zero-order valence-corrected chi connectivity index (χ0v) is 21.2. The largest absolute Gasteiger partial charge is 0.507 e. The first-order chi connectivity index (χ1) is 17.7. The maximum absolute atomic E-state index is 12.0. The second kappa shape index (κ2) is 10.9. The van der Waals surface area contributed by atoms with Crippen LogP contribution in [0.1, 0.15) is 82.5 Å². The van der Waals surface area contributed by atoms with Crippen LogP contribution >= 0.6 is 0 Å². The molecule has 0 aliphatic carbocycles. The first kappa shape index (κ1) is 26.0. The van der Waals surface area contributed by atoms with E-state index >= 15 is 0 Å². The number of carbonyl (C=O) groups is 2. The molecule has 0 spiro atoms. The van der Waals surface area contributed by atoms with Crippen LogP contribution in [0.3, 0.4) is 0 Å². The van der Waals surface area contributed by atoms with Crippen LogP contribution in [-0.2, 0) is 19.3 Å². The molecule has 4 aromatic rings. The van der Waals surface area contributed by atoms with Crippen molar-refractivity contribution in [3.05, 3.63) is 81.9 Å². The number of phenols is 2. The summed E-state index contributed by atoms with van der Waals surface area (Å²) < 4.78 is 0. The second-order valence-corrected chi connectivity index (χ2v) is 9.61. The molecule has 6 nitrogen and oxygen atoms in total. The molecule has 0 saturated heterocycles. The van der Waals surface area contributed by atoms with Gasteiger partial charge in [0.1, 0.15) is 22.6 Å². The van der Waals surface area contributed by atoms with Crippen LogP contribution in [0.2, 0.25) is 0 Å². The van der Waals surface area contributed by atoms with E-state index in [-0.39, 0.29) is 29.0 Å². The number of benzene rings is 4. The molecule has 0 radical (unpaired) electrons. The molecule has 4 aromatic carbocycles. The molecule has 0 amide bonds. The summed E-state index contributed by atoms with van der Waals surface area (Å²) >= 11 is 0. The van der Waals surface area contributed by atoms with Crippen molar-refractivity contribution in [2.24, 2.45) is 0 Å².